The van der Waals surface area contributed by atoms with Gasteiger partial charge in [-0.05, 0) is 19.1 Å². The van der Waals surface area contributed by atoms with Crippen LogP contribution in [0.1, 0.15) is 5.56 Å². The maximum absolute atomic E-state index is 10.5. The summed E-state index contributed by atoms with van der Waals surface area (Å²) in [5, 5.41) is 3.00. The Morgan fingerprint density at radius 3 is 1.93 bits per heavy atom. The largest absolute Gasteiger partial charge is 0.314 e. The van der Waals surface area contributed by atoms with Crippen molar-refractivity contribution in [3.63, 3.8) is 0 Å². The van der Waals surface area contributed by atoms with E-state index in [4.69, 9.17) is 4.55 Å². The summed E-state index contributed by atoms with van der Waals surface area (Å²) in [5.41, 5.74) is 0.956. The topological polar surface area (TPSA) is 76.3 Å². The average Bonchev–Trinajstić information content (AvgIpc) is 2.88. The Bertz CT molecular complexity index is 378. The molecule has 1 aromatic carbocycles. The number of rotatable bonds is 1. The predicted octanol–water partition coefficient (Wildman–Crippen LogP) is 0.831. The van der Waals surface area contributed by atoms with Gasteiger partial charge in [-0.25, -0.2) is 0 Å². The molecule has 1 fully saturated rings. The van der Waals surface area contributed by atoms with Crippen molar-refractivity contribution in [3.05, 3.63) is 29.8 Å². The Balaban J connectivity index is 0.000000276. The molecule has 0 amide bonds. The fourth-order valence-electron chi connectivity index (χ4n) is 0.710. The molecule has 0 spiro atoms. The van der Waals surface area contributed by atoms with Crippen molar-refractivity contribution in [2.75, 3.05) is 13.1 Å². The minimum atomic E-state index is -4.02. The molecule has 0 unspecified atom stereocenters. The molecule has 5 heteroatoms. The summed E-state index contributed by atoms with van der Waals surface area (Å²) in [5.74, 6) is 0. The van der Waals surface area contributed by atoms with Crippen molar-refractivity contribution in [1.29, 1.82) is 0 Å². The molecule has 0 radical (unpaired) electrons. The van der Waals surface area contributed by atoms with Crippen LogP contribution in [0, 0.1) is 6.92 Å². The van der Waals surface area contributed by atoms with Crippen molar-refractivity contribution in [2.24, 2.45) is 0 Å². The van der Waals surface area contributed by atoms with E-state index in [0.717, 1.165) is 5.56 Å². The van der Waals surface area contributed by atoms with Gasteiger partial charge in [0.25, 0.3) is 10.1 Å². The zero-order valence-corrected chi connectivity index (χ0v) is 8.71. The van der Waals surface area contributed by atoms with E-state index in [2.05, 4.69) is 5.32 Å². The molecular formula is C9H13NO3S. The minimum Gasteiger partial charge on any atom is -0.314 e. The first-order valence-electron chi connectivity index (χ1n) is 4.25. The smallest absolute Gasteiger partial charge is 0.294 e. The van der Waals surface area contributed by atoms with Gasteiger partial charge in [0.2, 0.25) is 0 Å². The number of benzene rings is 1. The van der Waals surface area contributed by atoms with Crippen LogP contribution in [0.3, 0.4) is 0 Å². The number of hydrogen-bond donors (Lipinski definition) is 2. The summed E-state index contributed by atoms with van der Waals surface area (Å²) in [6.07, 6.45) is 0. The van der Waals surface area contributed by atoms with Crippen LogP contribution in [-0.2, 0) is 10.1 Å². The predicted molar refractivity (Wildman–Crippen MR) is 53.9 cm³/mol. The molecule has 1 saturated heterocycles. The van der Waals surface area contributed by atoms with E-state index in [-0.39, 0.29) is 4.90 Å². The fraction of sp³-hybridized carbons (Fsp3) is 0.333. The van der Waals surface area contributed by atoms with Gasteiger partial charge in [-0.3, -0.25) is 4.55 Å². The van der Waals surface area contributed by atoms with E-state index in [0.29, 0.717) is 0 Å². The maximum Gasteiger partial charge on any atom is 0.294 e. The van der Waals surface area contributed by atoms with E-state index in [9.17, 15) is 8.42 Å². The first-order valence-corrected chi connectivity index (χ1v) is 5.69. The minimum absolute atomic E-state index is 0.0666. The second-order valence-electron chi connectivity index (χ2n) is 3.04. The first kappa shape index (κ1) is 11.2. The highest BCUT2D eigenvalue weighted by Gasteiger charge is 2.06. The monoisotopic (exact) mass is 215 g/mol. The zero-order valence-electron chi connectivity index (χ0n) is 7.90. The fourth-order valence-corrected chi connectivity index (χ4v) is 1.19. The van der Waals surface area contributed by atoms with Crippen LogP contribution in [0.5, 0.6) is 0 Å². The molecule has 14 heavy (non-hydrogen) atoms. The van der Waals surface area contributed by atoms with E-state index < -0.39 is 10.1 Å². The lowest BCUT2D eigenvalue weighted by Gasteiger charge is -1.95. The van der Waals surface area contributed by atoms with E-state index in [1.807, 2.05) is 6.92 Å². The molecule has 4 nitrogen and oxygen atoms in total. The van der Waals surface area contributed by atoms with E-state index in [1.54, 1.807) is 12.1 Å². The van der Waals surface area contributed by atoms with Crippen molar-refractivity contribution in [1.82, 2.24) is 5.32 Å². The number of nitrogens with one attached hydrogen (secondary N) is 1. The quantitative estimate of drug-likeness (QED) is 0.537. The van der Waals surface area contributed by atoms with Gasteiger partial charge in [0, 0.05) is 13.1 Å². The Morgan fingerprint density at radius 2 is 1.64 bits per heavy atom. The molecular weight excluding hydrogens is 202 g/mol. The van der Waals surface area contributed by atoms with Gasteiger partial charge < -0.3 is 5.32 Å². The Hall–Kier alpha value is -0.910. The zero-order chi connectivity index (χ0) is 10.6. The summed E-state index contributed by atoms with van der Waals surface area (Å²) in [6, 6.07) is 5.99. The number of aryl methyl sites for hydroxylation is 1. The highest BCUT2D eigenvalue weighted by Crippen LogP contribution is 2.08. The molecule has 0 bridgehead atoms. The van der Waals surface area contributed by atoms with Gasteiger partial charge in [-0.15, -0.1) is 0 Å². The molecule has 0 saturated carbocycles. The van der Waals surface area contributed by atoms with Gasteiger partial charge in [0.1, 0.15) is 0 Å². The second kappa shape index (κ2) is 4.54. The molecule has 1 aromatic rings. The molecule has 0 aliphatic carbocycles. The summed E-state index contributed by atoms with van der Waals surface area (Å²) < 4.78 is 29.6. The lowest BCUT2D eigenvalue weighted by molar-refractivity contribution is 0.483. The third-order valence-corrected chi connectivity index (χ3v) is 2.44. The molecule has 2 rings (SSSR count). The molecule has 1 aliphatic rings. The van der Waals surface area contributed by atoms with E-state index >= 15 is 0 Å². The van der Waals surface area contributed by atoms with Crippen LogP contribution in [0.25, 0.3) is 0 Å². The molecule has 0 atom stereocenters. The summed E-state index contributed by atoms with van der Waals surface area (Å²) in [7, 11) is -4.02. The van der Waals surface area contributed by atoms with Gasteiger partial charge in [0.05, 0.1) is 4.90 Å². The number of hydrogen-bond acceptors (Lipinski definition) is 3. The SMILES string of the molecule is C1CN1.Cc1ccc(S(=O)(=O)O)cc1. The summed E-state index contributed by atoms with van der Waals surface area (Å²) in [4.78, 5) is -0.0666. The highest BCUT2D eigenvalue weighted by atomic mass is 32.2. The van der Waals surface area contributed by atoms with Crippen LogP contribution in [0.2, 0.25) is 0 Å². The van der Waals surface area contributed by atoms with Crippen LogP contribution in [0.15, 0.2) is 29.2 Å². The normalized spacial score (nSPS) is 14.1. The third-order valence-electron chi connectivity index (χ3n) is 1.57. The van der Waals surface area contributed by atoms with Gasteiger partial charge in [-0.1, -0.05) is 17.7 Å². The Labute approximate surface area is 83.7 Å². The van der Waals surface area contributed by atoms with Crippen molar-refractivity contribution < 1.29 is 13.0 Å². The second-order valence-corrected chi connectivity index (χ2v) is 4.46. The van der Waals surface area contributed by atoms with Gasteiger partial charge >= 0.3 is 0 Å². The average molecular weight is 215 g/mol. The molecule has 2 N–H and O–H groups in total. The lowest BCUT2D eigenvalue weighted by Crippen LogP contribution is -1.96. The Morgan fingerprint density at radius 1 is 1.21 bits per heavy atom. The summed E-state index contributed by atoms with van der Waals surface area (Å²) >= 11 is 0. The molecule has 0 aromatic heterocycles. The lowest BCUT2D eigenvalue weighted by atomic mass is 10.2. The maximum atomic E-state index is 10.5. The highest BCUT2D eigenvalue weighted by molar-refractivity contribution is 7.85. The van der Waals surface area contributed by atoms with Crippen LogP contribution in [-0.4, -0.2) is 26.1 Å². The molecule has 1 aliphatic heterocycles. The van der Waals surface area contributed by atoms with Crippen molar-refractivity contribution >= 4 is 10.1 Å². The van der Waals surface area contributed by atoms with Crippen molar-refractivity contribution in [3.8, 4) is 0 Å². The summed E-state index contributed by atoms with van der Waals surface area (Å²) in [6.45, 7) is 4.34. The molecule has 1 heterocycles. The van der Waals surface area contributed by atoms with Gasteiger partial charge in [-0.2, -0.15) is 8.42 Å². The third kappa shape index (κ3) is 4.36. The van der Waals surface area contributed by atoms with Crippen LogP contribution < -0.4 is 5.32 Å². The van der Waals surface area contributed by atoms with Gasteiger partial charge in [0.15, 0.2) is 0 Å². The van der Waals surface area contributed by atoms with E-state index in [1.165, 1.54) is 25.2 Å². The van der Waals surface area contributed by atoms with Crippen molar-refractivity contribution in [2.45, 2.75) is 11.8 Å². The standard InChI is InChI=1S/C7H8O3S.C2H5N/c1-6-2-4-7(5-3-6)11(8,9)10;1-2-3-1/h2-5H,1H3,(H,8,9,10);3H,1-2H2. The molecule has 78 valence electrons. The van der Waals surface area contributed by atoms with Crippen LogP contribution in [0.4, 0.5) is 0 Å². The van der Waals surface area contributed by atoms with Crippen LogP contribution >= 0.6 is 0 Å². The first-order chi connectivity index (χ1) is 6.50. The Kier molecular flexibility index (Phi) is 3.62.